The Balaban J connectivity index is 2.16. The molecule has 0 aliphatic rings. The van der Waals surface area contributed by atoms with Crippen LogP contribution in [-0.4, -0.2) is 26.7 Å². The van der Waals surface area contributed by atoms with Crippen molar-refractivity contribution >= 4 is 5.91 Å². The van der Waals surface area contributed by atoms with Gasteiger partial charge >= 0.3 is 6.18 Å². The van der Waals surface area contributed by atoms with Gasteiger partial charge in [-0.25, -0.2) is 0 Å². The molecule has 4 nitrogen and oxygen atoms in total. The molecule has 0 fully saturated rings. The Kier molecular flexibility index (Phi) is 6.03. The van der Waals surface area contributed by atoms with E-state index in [0.29, 0.717) is 22.6 Å². The minimum absolute atomic E-state index is 0.159. The summed E-state index contributed by atoms with van der Waals surface area (Å²) in [6.07, 6.45) is -4.41. The number of nitrogens with one attached hydrogen (secondary N) is 1. The third-order valence-corrected chi connectivity index (χ3v) is 4.28. The van der Waals surface area contributed by atoms with Crippen molar-refractivity contribution in [3.05, 3.63) is 59.2 Å². The van der Waals surface area contributed by atoms with E-state index in [2.05, 4.69) is 5.32 Å². The Morgan fingerprint density at radius 2 is 1.52 bits per heavy atom. The topological polar surface area (TPSA) is 47.6 Å². The van der Waals surface area contributed by atoms with Gasteiger partial charge in [-0.1, -0.05) is 32.0 Å². The number of amides is 1. The predicted octanol–water partition coefficient (Wildman–Crippen LogP) is 4.43. The van der Waals surface area contributed by atoms with Crippen molar-refractivity contribution in [1.29, 1.82) is 0 Å². The second-order valence-corrected chi connectivity index (χ2v) is 6.75. The fourth-order valence-corrected chi connectivity index (χ4v) is 2.56. The number of ether oxygens (including phenoxy) is 2. The van der Waals surface area contributed by atoms with Crippen LogP contribution in [-0.2, 0) is 11.6 Å². The lowest BCUT2D eigenvalue weighted by atomic mass is 9.83. The molecule has 2 rings (SSSR count). The number of halogens is 3. The van der Waals surface area contributed by atoms with E-state index in [1.807, 2.05) is 0 Å². The third-order valence-electron chi connectivity index (χ3n) is 4.28. The van der Waals surface area contributed by atoms with Gasteiger partial charge in [0, 0.05) is 23.6 Å². The van der Waals surface area contributed by atoms with Crippen LogP contribution in [0.3, 0.4) is 0 Å². The van der Waals surface area contributed by atoms with Crippen LogP contribution < -0.4 is 14.8 Å². The molecule has 1 amide bonds. The van der Waals surface area contributed by atoms with Crippen molar-refractivity contribution in [1.82, 2.24) is 5.32 Å². The molecule has 1 N–H and O–H groups in total. The van der Waals surface area contributed by atoms with E-state index in [4.69, 9.17) is 9.47 Å². The Bertz CT molecular complexity index is 794. The molecule has 0 spiro atoms. The molecule has 0 unspecified atom stereocenters. The number of hydrogen-bond donors (Lipinski definition) is 1. The number of carbonyl (C=O) groups excluding carboxylic acids is 1. The summed E-state index contributed by atoms with van der Waals surface area (Å²) in [6, 6.07) is 9.90. The second kappa shape index (κ2) is 7.90. The SMILES string of the molecule is COc1cc(OC)cc(C(=O)NCC(C)(C)c2cccc(C(F)(F)F)c2)c1. The molecule has 0 radical (unpaired) electrons. The Labute approximate surface area is 156 Å². The number of benzene rings is 2. The lowest BCUT2D eigenvalue weighted by Crippen LogP contribution is -2.36. The standard InChI is InChI=1S/C20H22F3NO3/c1-19(2,14-6-5-7-15(10-14)20(21,22)23)12-24-18(25)13-8-16(26-3)11-17(9-13)27-4/h5-11H,12H2,1-4H3,(H,24,25). The van der Waals surface area contributed by atoms with Crippen molar-refractivity contribution in [3.8, 4) is 11.5 Å². The summed E-state index contributed by atoms with van der Waals surface area (Å²) in [4.78, 5) is 12.5. The zero-order valence-electron chi connectivity index (χ0n) is 15.6. The molecule has 146 valence electrons. The van der Waals surface area contributed by atoms with E-state index in [9.17, 15) is 18.0 Å². The lowest BCUT2D eigenvalue weighted by molar-refractivity contribution is -0.137. The molecular formula is C20H22F3NO3. The minimum atomic E-state index is -4.41. The molecule has 0 saturated heterocycles. The van der Waals surface area contributed by atoms with Crippen molar-refractivity contribution in [2.24, 2.45) is 0 Å². The average molecular weight is 381 g/mol. The maximum Gasteiger partial charge on any atom is 0.416 e. The minimum Gasteiger partial charge on any atom is -0.497 e. The largest absolute Gasteiger partial charge is 0.497 e. The van der Waals surface area contributed by atoms with Crippen molar-refractivity contribution in [3.63, 3.8) is 0 Å². The van der Waals surface area contributed by atoms with Crippen LogP contribution in [0.5, 0.6) is 11.5 Å². The van der Waals surface area contributed by atoms with Gasteiger partial charge < -0.3 is 14.8 Å². The first-order chi connectivity index (χ1) is 12.6. The Morgan fingerprint density at radius 3 is 2.04 bits per heavy atom. The molecule has 0 aliphatic carbocycles. The number of hydrogen-bond acceptors (Lipinski definition) is 3. The van der Waals surface area contributed by atoms with Crippen LogP contribution in [0.1, 0.15) is 35.3 Å². The highest BCUT2D eigenvalue weighted by Gasteiger charge is 2.32. The third kappa shape index (κ3) is 5.15. The smallest absolute Gasteiger partial charge is 0.416 e. The van der Waals surface area contributed by atoms with E-state index in [-0.39, 0.29) is 12.5 Å². The van der Waals surface area contributed by atoms with E-state index < -0.39 is 17.2 Å². The molecule has 27 heavy (non-hydrogen) atoms. The molecular weight excluding hydrogens is 359 g/mol. The van der Waals surface area contributed by atoms with Gasteiger partial charge in [0.15, 0.2) is 0 Å². The normalized spacial score (nSPS) is 11.8. The highest BCUT2D eigenvalue weighted by Crippen LogP contribution is 2.32. The first kappa shape index (κ1) is 20.6. The highest BCUT2D eigenvalue weighted by molar-refractivity contribution is 5.95. The van der Waals surface area contributed by atoms with Gasteiger partial charge in [-0.05, 0) is 23.8 Å². The number of alkyl halides is 3. The van der Waals surface area contributed by atoms with Gasteiger partial charge in [-0.2, -0.15) is 13.2 Å². The van der Waals surface area contributed by atoms with E-state index in [1.54, 1.807) is 38.1 Å². The maximum atomic E-state index is 12.9. The predicted molar refractivity (Wildman–Crippen MR) is 96.3 cm³/mol. The van der Waals surface area contributed by atoms with Gasteiger partial charge in [0.05, 0.1) is 19.8 Å². The van der Waals surface area contributed by atoms with Crippen molar-refractivity contribution in [2.75, 3.05) is 20.8 Å². The molecule has 0 aliphatic heterocycles. The summed E-state index contributed by atoms with van der Waals surface area (Å²) in [5, 5.41) is 2.77. The molecule has 7 heteroatoms. The molecule has 0 saturated carbocycles. The summed E-state index contributed by atoms with van der Waals surface area (Å²) < 4.78 is 49.1. The maximum absolute atomic E-state index is 12.9. The van der Waals surface area contributed by atoms with Gasteiger partial charge in [0.1, 0.15) is 11.5 Å². The highest BCUT2D eigenvalue weighted by atomic mass is 19.4. The molecule has 0 heterocycles. The van der Waals surface area contributed by atoms with Crippen LogP contribution in [0.4, 0.5) is 13.2 Å². The van der Waals surface area contributed by atoms with Crippen LogP contribution in [0.2, 0.25) is 0 Å². The van der Waals surface area contributed by atoms with Gasteiger partial charge in [0.2, 0.25) is 0 Å². The van der Waals surface area contributed by atoms with Crippen LogP contribution in [0.15, 0.2) is 42.5 Å². The summed E-state index contributed by atoms with van der Waals surface area (Å²) in [5.74, 6) is 0.570. The summed E-state index contributed by atoms with van der Waals surface area (Å²) in [5.41, 5.74) is -0.580. The Hall–Kier alpha value is -2.70. The van der Waals surface area contributed by atoms with E-state index in [0.717, 1.165) is 12.1 Å². The van der Waals surface area contributed by atoms with Crippen LogP contribution in [0.25, 0.3) is 0 Å². The summed E-state index contributed by atoms with van der Waals surface area (Å²) in [7, 11) is 2.96. The number of carbonyl (C=O) groups is 1. The van der Waals surface area contributed by atoms with Gasteiger partial charge in [-0.3, -0.25) is 4.79 Å². The first-order valence-electron chi connectivity index (χ1n) is 8.26. The van der Waals surface area contributed by atoms with Crippen molar-refractivity contribution < 1.29 is 27.4 Å². The van der Waals surface area contributed by atoms with Crippen LogP contribution in [0, 0.1) is 0 Å². The molecule has 2 aromatic rings. The van der Waals surface area contributed by atoms with E-state index >= 15 is 0 Å². The monoisotopic (exact) mass is 381 g/mol. The average Bonchev–Trinajstić information content (AvgIpc) is 2.65. The van der Waals surface area contributed by atoms with E-state index in [1.165, 1.54) is 20.3 Å². The Morgan fingerprint density at radius 1 is 0.963 bits per heavy atom. The zero-order chi connectivity index (χ0) is 20.2. The van der Waals surface area contributed by atoms with Gasteiger partial charge in [0.25, 0.3) is 5.91 Å². The molecule has 0 aromatic heterocycles. The molecule has 0 bridgehead atoms. The van der Waals surface area contributed by atoms with Crippen LogP contribution >= 0.6 is 0 Å². The zero-order valence-corrected chi connectivity index (χ0v) is 15.6. The summed E-state index contributed by atoms with van der Waals surface area (Å²) >= 11 is 0. The summed E-state index contributed by atoms with van der Waals surface area (Å²) in [6.45, 7) is 3.70. The number of methoxy groups -OCH3 is 2. The number of rotatable bonds is 6. The fourth-order valence-electron chi connectivity index (χ4n) is 2.56. The quantitative estimate of drug-likeness (QED) is 0.805. The lowest BCUT2D eigenvalue weighted by Gasteiger charge is -2.26. The molecule has 2 aromatic carbocycles. The fraction of sp³-hybridized carbons (Fsp3) is 0.350. The van der Waals surface area contributed by atoms with Crippen molar-refractivity contribution in [2.45, 2.75) is 25.4 Å². The molecule has 0 atom stereocenters. The van der Waals surface area contributed by atoms with Gasteiger partial charge in [-0.15, -0.1) is 0 Å². The first-order valence-corrected chi connectivity index (χ1v) is 8.26. The second-order valence-electron chi connectivity index (χ2n) is 6.75.